The van der Waals surface area contributed by atoms with Crippen molar-refractivity contribution in [3.8, 4) is 0 Å². The number of hydrogen-bond acceptors (Lipinski definition) is 3. The van der Waals surface area contributed by atoms with E-state index >= 15 is 0 Å². The van der Waals surface area contributed by atoms with Gasteiger partial charge >= 0.3 is 0 Å². The molecule has 156 valence electrons. The lowest BCUT2D eigenvalue weighted by Crippen LogP contribution is -2.44. The van der Waals surface area contributed by atoms with Crippen molar-refractivity contribution >= 4 is 49.9 Å². The Hall–Kier alpha value is -1.92. The van der Waals surface area contributed by atoms with E-state index in [0.717, 1.165) is 30.4 Å². The van der Waals surface area contributed by atoms with Crippen LogP contribution >= 0.6 is 27.5 Å². The number of carbonyl (C=O) groups is 1. The van der Waals surface area contributed by atoms with Crippen molar-refractivity contribution in [1.29, 1.82) is 0 Å². The molecular formula is C24H24BrClN2O2. The number of amides is 1. The number of hydrogen-bond donors (Lipinski definition) is 1. The van der Waals surface area contributed by atoms with Crippen molar-refractivity contribution in [1.82, 2.24) is 4.90 Å². The van der Waals surface area contributed by atoms with Gasteiger partial charge in [-0.25, -0.2) is 0 Å². The number of halogens is 2. The molecule has 0 aliphatic carbocycles. The Kier molecular flexibility index (Phi) is 5.90. The van der Waals surface area contributed by atoms with E-state index in [4.69, 9.17) is 11.6 Å². The van der Waals surface area contributed by atoms with Crippen LogP contribution in [0.5, 0.6) is 0 Å². The fourth-order valence-corrected chi connectivity index (χ4v) is 4.83. The molecule has 1 heterocycles. The second kappa shape index (κ2) is 8.31. The van der Waals surface area contributed by atoms with Crippen LogP contribution in [-0.2, 0) is 10.4 Å². The summed E-state index contributed by atoms with van der Waals surface area (Å²) in [7, 11) is 0. The molecule has 1 atom stereocenters. The van der Waals surface area contributed by atoms with Gasteiger partial charge in [0.1, 0.15) is 0 Å². The van der Waals surface area contributed by atoms with Crippen LogP contribution in [0, 0.1) is 0 Å². The van der Waals surface area contributed by atoms with Gasteiger partial charge in [-0.15, -0.1) is 0 Å². The Balaban J connectivity index is 1.85. The second-order valence-corrected chi connectivity index (χ2v) is 8.74. The molecule has 1 amide bonds. The molecule has 1 N–H and O–H groups in total. The van der Waals surface area contributed by atoms with Gasteiger partial charge < -0.3 is 14.9 Å². The summed E-state index contributed by atoms with van der Waals surface area (Å²) in [6.45, 7) is 7.22. The normalized spacial score (nSPS) is 18.5. The van der Waals surface area contributed by atoms with Crippen LogP contribution in [0.3, 0.4) is 0 Å². The molecule has 1 aliphatic rings. The molecule has 6 heteroatoms. The summed E-state index contributed by atoms with van der Waals surface area (Å²) in [6.07, 6.45) is 0. The van der Waals surface area contributed by atoms with Crippen molar-refractivity contribution in [3.63, 3.8) is 0 Å². The largest absolute Gasteiger partial charge is 0.372 e. The van der Waals surface area contributed by atoms with Gasteiger partial charge in [-0.3, -0.25) is 4.79 Å². The fourth-order valence-electron chi connectivity index (χ4n) is 4.21. The molecule has 4 rings (SSSR count). The highest BCUT2D eigenvalue weighted by Gasteiger charge is 2.52. The molecule has 0 bridgehead atoms. The van der Waals surface area contributed by atoms with E-state index in [1.54, 1.807) is 4.90 Å². The van der Waals surface area contributed by atoms with Gasteiger partial charge in [0.25, 0.3) is 5.91 Å². The topological polar surface area (TPSA) is 43.8 Å². The molecule has 0 saturated carbocycles. The molecule has 0 radical (unpaired) electrons. The van der Waals surface area contributed by atoms with E-state index in [1.807, 2.05) is 54.6 Å². The van der Waals surface area contributed by atoms with Crippen molar-refractivity contribution in [2.75, 3.05) is 31.1 Å². The van der Waals surface area contributed by atoms with Crippen LogP contribution < -0.4 is 4.90 Å². The second-order valence-electron chi connectivity index (χ2n) is 7.51. The van der Waals surface area contributed by atoms with Crippen molar-refractivity contribution in [2.45, 2.75) is 19.4 Å². The van der Waals surface area contributed by atoms with E-state index in [-0.39, 0.29) is 5.91 Å². The minimum absolute atomic E-state index is 0.361. The summed E-state index contributed by atoms with van der Waals surface area (Å²) >= 11 is 10.1. The fraction of sp³-hybridized carbons (Fsp3) is 0.292. The van der Waals surface area contributed by atoms with Gasteiger partial charge in [0.15, 0.2) is 5.60 Å². The van der Waals surface area contributed by atoms with E-state index in [0.29, 0.717) is 32.9 Å². The Bertz CT molecular complexity index is 1120. The van der Waals surface area contributed by atoms with Crippen molar-refractivity contribution in [2.24, 2.45) is 0 Å². The first-order valence-electron chi connectivity index (χ1n) is 10.2. The van der Waals surface area contributed by atoms with Crippen LogP contribution in [0.15, 0.2) is 59.1 Å². The maximum absolute atomic E-state index is 13.7. The molecule has 0 aromatic heterocycles. The SMILES string of the molecule is CCN(CC)CCN1C(=O)C(O)(c2ccc3ccccc3c2)c2c1ccc(Br)c2Cl. The number of nitrogens with zero attached hydrogens (tertiary/aromatic N) is 2. The maximum atomic E-state index is 13.7. The van der Waals surface area contributed by atoms with Gasteiger partial charge in [-0.1, -0.05) is 61.8 Å². The van der Waals surface area contributed by atoms with Crippen LogP contribution in [0.25, 0.3) is 10.8 Å². The lowest BCUT2D eigenvalue weighted by molar-refractivity contribution is -0.132. The summed E-state index contributed by atoms with van der Waals surface area (Å²) in [5.41, 5.74) is -0.198. The Morgan fingerprint density at radius 2 is 1.77 bits per heavy atom. The molecule has 0 saturated heterocycles. The number of aliphatic hydroxyl groups is 1. The number of carbonyl (C=O) groups excluding carboxylic acids is 1. The molecule has 0 fully saturated rings. The number of benzene rings is 3. The number of likely N-dealkylation sites (N-methyl/N-ethyl adjacent to an activating group) is 1. The molecule has 30 heavy (non-hydrogen) atoms. The Labute approximate surface area is 190 Å². The molecule has 3 aromatic rings. The third kappa shape index (κ3) is 3.34. The van der Waals surface area contributed by atoms with Gasteiger partial charge in [0.2, 0.25) is 0 Å². The first kappa shape index (κ1) is 21.3. The van der Waals surface area contributed by atoms with Crippen molar-refractivity contribution in [3.05, 3.63) is 75.2 Å². The summed E-state index contributed by atoms with van der Waals surface area (Å²) in [5, 5.41) is 14.3. The zero-order valence-electron chi connectivity index (χ0n) is 17.0. The summed E-state index contributed by atoms with van der Waals surface area (Å²) in [4.78, 5) is 17.6. The highest BCUT2D eigenvalue weighted by atomic mass is 79.9. The standard InChI is InChI=1S/C24H24BrClN2O2/c1-3-27(4-2)13-14-28-20-12-11-19(25)22(26)21(20)24(30,23(28)29)18-10-9-16-7-5-6-8-17(16)15-18/h5-12,15,30H,3-4,13-14H2,1-2H3. The summed E-state index contributed by atoms with van der Waals surface area (Å²) < 4.78 is 0.653. The predicted octanol–water partition coefficient (Wildman–Crippen LogP) is 5.18. The average molecular weight is 488 g/mol. The van der Waals surface area contributed by atoms with E-state index in [1.165, 1.54) is 0 Å². The van der Waals surface area contributed by atoms with Crippen LogP contribution in [0.4, 0.5) is 5.69 Å². The number of rotatable bonds is 6. The van der Waals surface area contributed by atoms with Crippen molar-refractivity contribution < 1.29 is 9.90 Å². The van der Waals surface area contributed by atoms with Gasteiger partial charge in [0.05, 0.1) is 10.7 Å². The van der Waals surface area contributed by atoms with Crippen LogP contribution in [0.2, 0.25) is 5.02 Å². The highest BCUT2D eigenvalue weighted by Crippen LogP contribution is 2.50. The Morgan fingerprint density at radius 3 is 2.47 bits per heavy atom. The average Bonchev–Trinajstić information content (AvgIpc) is 2.99. The minimum atomic E-state index is -1.83. The number of fused-ring (bicyclic) bond motifs is 2. The first-order chi connectivity index (χ1) is 14.4. The molecular weight excluding hydrogens is 464 g/mol. The molecule has 4 nitrogen and oxygen atoms in total. The lowest BCUT2D eigenvalue weighted by Gasteiger charge is -2.26. The third-order valence-corrected chi connectivity index (χ3v) is 7.26. The number of anilines is 1. The highest BCUT2D eigenvalue weighted by molar-refractivity contribution is 9.10. The lowest BCUT2D eigenvalue weighted by atomic mass is 9.86. The van der Waals surface area contributed by atoms with Crippen LogP contribution in [0.1, 0.15) is 25.0 Å². The van der Waals surface area contributed by atoms with Gasteiger partial charge in [0, 0.05) is 23.1 Å². The van der Waals surface area contributed by atoms with E-state index in [9.17, 15) is 9.90 Å². The molecule has 1 aliphatic heterocycles. The zero-order chi connectivity index (χ0) is 21.5. The smallest absolute Gasteiger partial charge is 0.268 e. The maximum Gasteiger partial charge on any atom is 0.268 e. The quantitative estimate of drug-likeness (QED) is 0.521. The van der Waals surface area contributed by atoms with Gasteiger partial charge in [-0.2, -0.15) is 0 Å². The molecule has 3 aromatic carbocycles. The molecule has 1 unspecified atom stereocenters. The first-order valence-corrected chi connectivity index (χ1v) is 11.3. The Morgan fingerprint density at radius 1 is 1.07 bits per heavy atom. The summed E-state index contributed by atoms with van der Waals surface area (Å²) in [5.74, 6) is -0.361. The zero-order valence-corrected chi connectivity index (χ0v) is 19.4. The third-order valence-electron chi connectivity index (χ3n) is 5.98. The van der Waals surface area contributed by atoms with E-state index in [2.05, 4.69) is 34.7 Å². The summed E-state index contributed by atoms with van der Waals surface area (Å²) in [6, 6.07) is 17.2. The van der Waals surface area contributed by atoms with Crippen LogP contribution in [-0.4, -0.2) is 42.1 Å². The minimum Gasteiger partial charge on any atom is -0.372 e. The molecule has 0 spiro atoms. The van der Waals surface area contributed by atoms with Gasteiger partial charge in [-0.05, 0) is 63.6 Å². The predicted molar refractivity (Wildman–Crippen MR) is 126 cm³/mol. The monoisotopic (exact) mass is 486 g/mol. The van der Waals surface area contributed by atoms with E-state index < -0.39 is 5.60 Å².